The molecule has 0 atom stereocenters. The number of imidazole rings is 1. The number of carbonyl (C=O) groups excluding carboxylic acids is 1. The monoisotopic (exact) mass is 348 g/mol. The van der Waals surface area contributed by atoms with Gasteiger partial charge in [0.15, 0.2) is 9.84 Å². The summed E-state index contributed by atoms with van der Waals surface area (Å²) in [5.41, 5.74) is 1.81. The number of rotatable bonds is 5. The fourth-order valence-corrected chi connectivity index (χ4v) is 3.18. The molecule has 3 rings (SSSR count). The zero-order valence-corrected chi connectivity index (χ0v) is 14.0. The predicted octanol–water partition coefficient (Wildman–Crippen LogP) is 2.01. The van der Waals surface area contributed by atoms with Crippen molar-refractivity contribution >= 4 is 26.8 Å². The second-order valence-corrected chi connectivity index (χ2v) is 7.61. The van der Waals surface area contributed by atoms with Gasteiger partial charge in [0.05, 0.1) is 30.3 Å². The minimum atomic E-state index is -3.24. The highest BCUT2D eigenvalue weighted by molar-refractivity contribution is 7.89. The van der Waals surface area contributed by atoms with Crippen LogP contribution in [0.2, 0.25) is 0 Å². The predicted molar refractivity (Wildman–Crippen MR) is 87.4 cm³/mol. The lowest BCUT2D eigenvalue weighted by Crippen LogP contribution is -2.10. The van der Waals surface area contributed by atoms with Gasteiger partial charge in [-0.15, -0.1) is 0 Å². The van der Waals surface area contributed by atoms with Crippen LogP contribution in [0, 0.1) is 0 Å². The Morgan fingerprint density at radius 1 is 1.33 bits per heavy atom. The normalized spacial score (nSPS) is 11.8. The van der Waals surface area contributed by atoms with Gasteiger partial charge >= 0.3 is 5.97 Å². The van der Waals surface area contributed by atoms with Gasteiger partial charge in [-0.1, -0.05) is 12.1 Å². The number of nitrogens with zero attached hydrogens (tertiary/aromatic N) is 2. The first-order valence-corrected chi connectivity index (χ1v) is 9.21. The largest absolute Gasteiger partial charge is 0.467 e. The van der Waals surface area contributed by atoms with Crippen molar-refractivity contribution in [1.82, 2.24) is 9.55 Å². The third kappa shape index (κ3) is 3.33. The smallest absolute Gasteiger partial charge is 0.341 e. The second-order valence-electron chi connectivity index (χ2n) is 5.47. The number of sulfone groups is 1. The number of benzene rings is 1. The van der Waals surface area contributed by atoms with Gasteiger partial charge in [-0.3, -0.25) is 0 Å². The molecule has 24 heavy (non-hydrogen) atoms. The topological polar surface area (TPSA) is 91.4 Å². The molecule has 0 saturated carbocycles. The summed E-state index contributed by atoms with van der Waals surface area (Å²) in [6.07, 6.45) is 2.48. The van der Waals surface area contributed by atoms with Crippen LogP contribution in [0.5, 0.6) is 0 Å². The molecule has 0 bridgehead atoms. The van der Waals surface area contributed by atoms with Crippen LogP contribution < -0.4 is 0 Å². The summed E-state index contributed by atoms with van der Waals surface area (Å²) in [5.74, 6) is 0.270. The number of methoxy groups -OCH3 is 1. The summed E-state index contributed by atoms with van der Waals surface area (Å²) in [5, 5.41) is 0. The van der Waals surface area contributed by atoms with Crippen molar-refractivity contribution in [2.24, 2.45) is 0 Å². The number of hydrogen-bond acceptors (Lipinski definition) is 6. The van der Waals surface area contributed by atoms with Gasteiger partial charge in [0.25, 0.3) is 0 Å². The molecule has 126 valence electrons. The molecular formula is C16H16N2O5S. The van der Waals surface area contributed by atoms with Gasteiger partial charge in [0.2, 0.25) is 0 Å². The SMILES string of the molecule is COC(=O)c1coc(Cn2c(CS(C)(=O)=O)nc3ccccc32)c1. The van der Waals surface area contributed by atoms with Crippen molar-refractivity contribution in [3.05, 3.63) is 53.7 Å². The highest BCUT2D eigenvalue weighted by atomic mass is 32.2. The van der Waals surface area contributed by atoms with Crippen molar-refractivity contribution in [2.75, 3.05) is 13.4 Å². The molecule has 2 aromatic heterocycles. The molecule has 0 spiro atoms. The van der Waals surface area contributed by atoms with Gasteiger partial charge in [-0.2, -0.15) is 0 Å². The van der Waals surface area contributed by atoms with Crippen LogP contribution >= 0.6 is 0 Å². The van der Waals surface area contributed by atoms with E-state index in [4.69, 9.17) is 4.42 Å². The van der Waals surface area contributed by atoms with Crippen LogP contribution in [0.15, 0.2) is 41.0 Å². The summed E-state index contributed by atoms with van der Waals surface area (Å²) < 4.78 is 35.2. The molecular weight excluding hydrogens is 332 g/mol. The number of furan rings is 1. The maximum absolute atomic E-state index is 11.7. The lowest BCUT2D eigenvalue weighted by Gasteiger charge is -2.06. The van der Waals surface area contributed by atoms with E-state index in [9.17, 15) is 13.2 Å². The third-order valence-electron chi connectivity index (χ3n) is 3.51. The van der Waals surface area contributed by atoms with Crippen LogP contribution in [-0.2, 0) is 26.9 Å². The third-order valence-corrected chi connectivity index (χ3v) is 4.30. The first-order valence-electron chi connectivity index (χ1n) is 7.15. The molecule has 0 amide bonds. The quantitative estimate of drug-likeness (QED) is 0.655. The molecule has 0 radical (unpaired) electrons. The van der Waals surface area contributed by atoms with Gasteiger partial charge in [-0.05, 0) is 18.2 Å². The summed E-state index contributed by atoms with van der Waals surface area (Å²) >= 11 is 0. The highest BCUT2D eigenvalue weighted by Crippen LogP contribution is 2.20. The number of para-hydroxylation sites is 2. The summed E-state index contributed by atoms with van der Waals surface area (Å²) in [7, 11) is -1.95. The first-order chi connectivity index (χ1) is 11.4. The molecule has 2 heterocycles. The van der Waals surface area contributed by atoms with E-state index in [0.717, 1.165) is 5.52 Å². The Balaban J connectivity index is 2.02. The standard InChI is InChI=1S/C16H16N2O5S/c1-22-16(19)11-7-12(23-9-11)8-18-14-6-4-3-5-13(14)17-15(18)10-24(2,20)21/h3-7,9H,8,10H2,1-2H3. The van der Waals surface area contributed by atoms with E-state index in [2.05, 4.69) is 9.72 Å². The maximum Gasteiger partial charge on any atom is 0.341 e. The van der Waals surface area contributed by atoms with E-state index in [1.54, 1.807) is 10.6 Å². The van der Waals surface area contributed by atoms with Gasteiger partial charge < -0.3 is 13.7 Å². The molecule has 0 N–H and O–H groups in total. The van der Waals surface area contributed by atoms with E-state index < -0.39 is 15.8 Å². The summed E-state index contributed by atoms with van der Waals surface area (Å²) in [6, 6.07) is 8.95. The van der Waals surface area contributed by atoms with Crippen molar-refractivity contribution in [3.8, 4) is 0 Å². The molecule has 8 heteroatoms. The average molecular weight is 348 g/mol. The molecule has 0 fully saturated rings. The zero-order chi connectivity index (χ0) is 17.3. The van der Waals surface area contributed by atoms with Crippen molar-refractivity contribution in [1.29, 1.82) is 0 Å². The Morgan fingerprint density at radius 3 is 2.79 bits per heavy atom. The number of fused-ring (bicyclic) bond motifs is 1. The fourth-order valence-electron chi connectivity index (χ4n) is 2.49. The number of esters is 1. The van der Waals surface area contributed by atoms with E-state index >= 15 is 0 Å². The molecule has 0 aliphatic carbocycles. The molecule has 3 aromatic rings. The van der Waals surface area contributed by atoms with Crippen LogP contribution in [0.25, 0.3) is 11.0 Å². The molecule has 0 aliphatic rings. The highest BCUT2D eigenvalue weighted by Gasteiger charge is 2.17. The van der Waals surface area contributed by atoms with Gasteiger partial charge in [0.1, 0.15) is 23.6 Å². The lowest BCUT2D eigenvalue weighted by molar-refractivity contribution is 0.0600. The molecule has 0 unspecified atom stereocenters. The van der Waals surface area contributed by atoms with Crippen LogP contribution in [0.1, 0.15) is 21.9 Å². The second kappa shape index (κ2) is 6.12. The van der Waals surface area contributed by atoms with Crippen LogP contribution in [-0.4, -0.2) is 37.3 Å². The van der Waals surface area contributed by atoms with Crippen molar-refractivity contribution in [3.63, 3.8) is 0 Å². The van der Waals surface area contributed by atoms with Crippen molar-refractivity contribution in [2.45, 2.75) is 12.3 Å². The Bertz CT molecular complexity index is 1000. The maximum atomic E-state index is 11.7. The first kappa shape index (κ1) is 16.3. The van der Waals surface area contributed by atoms with Crippen LogP contribution in [0.4, 0.5) is 0 Å². The van der Waals surface area contributed by atoms with E-state index in [-0.39, 0.29) is 12.3 Å². The number of ether oxygens (including phenoxy) is 1. The van der Waals surface area contributed by atoms with E-state index in [0.29, 0.717) is 22.7 Å². The Hall–Kier alpha value is -2.61. The number of hydrogen-bond donors (Lipinski definition) is 0. The summed E-state index contributed by atoms with van der Waals surface area (Å²) in [6.45, 7) is 0.266. The number of carbonyl (C=O) groups is 1. The van der Waals surface area contributed by atoms with Gasteiger partial charge in [0, 0.05) is 6.26 Å². The van der Waals surface area contributed by atoms with Gasteiger partial charge in [-0.25, -0.2) is 18.2 Å². The minimum Gasteiger partial charge on any atom is -0.467 e. The molecule has 0 aliphatic heterocycles. The molecule has 7 nitrogen and oxygen atoms in total. The fraction of sp³-hybridized carbons (Fsp3) is 0.250. The minimum absolute atomic E-state index is 0.174. The molecule has 0 saturated heterocycles. The number of aromatic nitrogens is 2. The van der Waals surface area contributed by atoms with E-state index in [1.165, 1.54) is 19.6 Å². The lowest BCUT2D eigenvalue weighted by atomic mass is 10.3. The average Bonchev–Trinajstić information content (AvgIpc) is 3.11. The zero-order valence-electron chi connectivity index (χ0n) is 13.2. The summed E-state index contributed by atoms with van der Waals surface area (Å²) in [4.78, 5) is 15.9. The Labute approximate surface area is 138 Å². The Morgan fingerprint density at radius 2 is 2.08 bits per heavy atom. The van der Waals surface area contributed by atoms with Crippen molar-refractivity contribution < 1.29 is 22.4 Å². The van der Waals surface area contributed by atoms with Crippen LogP contribution in [0.3, 0.4) is 0 Å². The molecule has 1 aromatic carbocycles. The Kier molecular flexibility index (Phi) is 4.15. The van der Waals surface area contributed by atoms with E-state index in [1.807, 2.05) is 24.3 Å².